The van der Waals surface area contributed by atoms with Crippen molar-refractivity contribution in [2.75, 3.05) is 26.1 Å². The first-order valence-corrected chi connectivity index (χ1v) is 5.91. The summed E-state index contributed by atoms with van der Waals surface area (Å²) >= 11 is 0. The average Bonchev–Trinajstić information content (AvgIpc) is 2.43. The van der Waals surface area contributed by atoms with Crippen LogP contribution in [0.15, 0.2) is 24.3 Å². The lowest BCUT2D eigenvalue weighted by molar-refractivity contribution is -0.149. The summed E-state index contributed by atoms with van der Waals surface area (Å²) in [7, 11) is 2.71. The Balaban J connectivity index is 2.64. The van der Waals surface area contributed by atoms with Gasteiger partial charge < -0.3 is 14.8 Å². The number of benzene rings is 1. The van der Waals surface area contributed by atoms with Crippen molar-refractivity contribution in [2.45, 2.75) is 13.8 Å². The summed E-state index contributed by atoms with van der Waals surface area (Å²) < 4.78 is 9.34. The van der Waals surface area contributed by atoms with Crippen molar-refractivity contribution >= 4 is 17.6 Å². The Morgan fingerprint density at radius 1 is 1.11 bits per heavy atom. The smallest absolute Gasteiger partial charge is 0.337 e. The predicted molar refractivity (Wildman–Crippen MR) is 72.1 cm³/mol. The molecule has 0 amide bonds. The molecule has 19 heavy (non-hydrogen) atoms. The minimum atomic E-state index is -0.615. The second-order valence-corrected chi connectivity index (χ2v) is 4.80. The summed E-state index contributed by atoms with van der Waals surface area (Å²) in [6.45, 7) is 4.04. The molecule has 0 heterocycles. The van der Waals surface area contributed by atoms with Crippen molar-refractivity contribution in [3.63, 3.8) is 0 Å². The van der Waals surface area contributed by atoms with Crippen molar-refractivity contribution in [2.24, 2.45) is 5.41 Å². The number of hydrogen-bond donors (Lipinski definition) is 1. The molecule has 0 bridgehead atoms. The first kappa shape index (κ1) is 15.0. The third-order valence-corrected chi connectivity index (χ3v) is 2.78. The second-order valence-electron chi connectivity index (χ2n) is 4.80. The standard InChI is InChI=1S/C14H19NO4/c1-14(2,13(17)19-4)9-15-11-7-5-10(6-8-11)12(16)18-3/h5-8,15H,9H2,1-4H3. The molecule has 0 aliphatic heterocycles. The van der Waals surface area contributed by atoms with Crippen molar-refractivity contribution in [3.05, 3.63) is 29.8 Å². The summed E-state index contributed by atoms with van der Waals surface area (Å²) in [5.74, 6) is -0.646. The lowest BCUT2D eigenvalue weighted by atomic mass is 9.93. The van der Waals surface area contributed by atoms with Crippen molar-refractivity contribution < 1.29 is 19.1 Å². The normalized spacial score (nSPS) is 10.7. The number of esters is 2. The van der Waals surface area contributed by atoms with Gasteiger partial charge in [0.1, 0.15) is 0 Å². The van der Waals surface area contributed by atoms with E-state index >= 15 is 0 Å². The molecule has 1 N–H and O–H groups in total. The molecule has 0 saturated carbocycles. The van der Waals surface area contributed by atoms with E-state index in [9.17, 15) is 9.59 Å². The fourth-order valence-electron chi connectivity index (χ4n) is 1.51. The van der Waals surface area contributed by atoms with E-state index < -0.39 is 5.41 Å². The Bertz CT molecular complexity index is 451. The Labute approximate surface area is 112 Å². The van der Waals surface area contributed by atoms with Crippen LogP contribution in [0, 0.1) is 5.41 Å². The molecule has 0 aliphatic carbocycles. The maximum absolute atomic E-state index is 11.5. The van der Waals surface area contributed by atoms with E-state index in [0.29, 0.717) is 12.1 Å². The minimum Gasteiger partial charge on any atom is -0.469 e. The van der Waals surface area contributed by atoms with Gasteiger partial charge in [0, 0.05) is 12.2 Å². The Kier molecular flexibility index (Phi) is 4.92. The van der Waals surface area contributed by atoms with E-state index in [0.717, 1.165) is 5.69 Å². The Hall–Kier alpha value is -2.04. The highest BCUT2D eigenvalue weighted by molar-refractivity contribution is 5.89. The molecule has 1 rings (SSSR count). The monoisotopic (exact) mass is 265 g/mol. The highest BCUT2D eigenvalue weighted by Crippen LogP contribution is 2.19. The summed E-state index contributed by atoms with van der Waals surface area (Å²) in [5.41, 5.74) is 0.695. The summed E-state index contributed by atoms with van der Waals surface area (Å²) in [6.07, 6.45) is 0. The molecule has 5 heteroatoms. The van der Waals surface area contributed by atoms with Gasteiger partial charge in [-0.25, -0.2) is 4.79 Å². The maximum Gasteiger partial charge on any atom is 0.337 e. The molecule has 0 aromatic heterocycles. The Morgan fingerprint density at radius 3 is 2.16 bits per heavy atom. The molecule has 0 aliphatic rings. The van der Waals surface area contributed by atoms with Gasteiger partial charge >= 0.3 is 11.9 Å². The van der Waals surface area contributed by atoms with Gasteiger partial charge in [0.25, 0.3) is 0 Å². The van der Waals surface area contributed by atoms with Gasteiger partial charge in [-0.2, -0.15) is 0 Å². The van der Waals surface area contributed by atoms with E-state index in [1.807, 2.05) is 0 Å². The lowest BCUT2D eigenvalue weighted by Crippen LogP contribution is -2.33. The van der Waals surface area contributed by atoms with Crippen LogP contribution in [0.4, 0.5) is 5.69 Å². The highest BCUT2D eigenvalue weighted by Gasteiger charge is 2.28. The molecule has 1 aromatic carbocycles. The number of rotatable bonds is 5. The zero-order valence-corrected chi connectivity index (χ0v) is 11.6. The van der Waals surface area contributed by atoms with E-state index in [-0.39, 0.29) is 11.9 Å². The van der Waals surface area contributed by atoms with Gasteiger partial charge in [0.2, 0.25) is 0 Å². The number of nitrogens with one attached hydrogen (secondary N) is 1. The third-order valence-electron chi connectivity index (χ3n) is 2.78. The fourth-order valence-corrected chi connectivity index (χ4v) is 1.51. The molecule has 0 atom stereocenters. The molecule has 0 unspecified atom stereocenters. The van der Waals surface area contributed by atoms with Crippen molar-refractivity contribution in [1.29, 1.82) is 0 Å². The van der Waals surface area contributed by atoms with Gasteiger partial charge in [-0.15, -0.1) is 0 Å². The number of hydrogen-bond acceptors (Lipinski definition) is 5. The molecular formula is C14H19NO4. The SMILES string of the molecule is COC(=O)c1ccc(NCC(C)(C)C(=O)OC)cc1. The molecule has 0 fully saturated rings. The van der Waals surface area contributed by atoms with Crippen LogP contribution >= 0.6 is 0 Å². The number of ether oxygens (including phenoxy) is 2. The third kappa shape index (κ3) is 3.98. The van der Waals surface area contributed by atoms with Crippen LogP contribution < -0.4 is 5.32 Å². The number of anilines is 1. The molecule has 5 nitrogen and oxygen atoms in total. The van der Waals surface area contributed by atoms with E-state index in [2.05, 4.69) is 10.1 Å². The van der Waals surface area contributed by atoms with Crippen LogP contribution in [0.25, 0.3) is 0 Å². The molecule has 0 spiro atoms. The van der Waals surface area contributed by atoms with Crippen molar-refractivity contribution in [3.8, 4) is 0 Å². The molecule has 0 saturated heterocycles. The van der Waals surface area contributed by atoms with Crippen LogP contribution in [-0.2, 0) is 14.3 Å². The van der Waals surface area contributed by atoms with Crippen molar-refractivity contribution in [1.82, 2.24) is 0 Å². The van der Waals surface area contributed by atoms with Gasteiger partial charge in [-0.3, -0.25) is 4.79 Å². The number of carbonyl (C=O) groups excluding carboxylic acids is 2. The minimum absolute atomic E-state index is 0.272. The Morgan fingerprint density at radius 2 is 1.68 bits per heavy atom. The first-order chi connectivity index (χ1) is 8.90. The topological polar surface area (TPSA) is 64.6 Å². The quantitative estimate of drug-likeness (QED) is 0.826. The van der Waals surface area contributed by atoms with Gasteiger partial charge in [-0.1, -0.05) is 0 Å². The van der Waals surface area contributed by atoms with Gasteiger partial charge in [0.15, 0.2) is 0 Å². The average molecular weight is 265 g/mol. The number of carbonyl (C=O) groups is 2. The van der Waals surface area contributed by atoms with E-state index in [4.69, 9.17) is 4.74 Å². The predicted octanol–water partition coefficient (Wildman–Crippen LogP) is 2.08. The maximum atomic E-state index is 11.5. The summed E-state index contributed by atoms with van der Waals surface area (Å²) in [4.78, 5) is 22.8. The molecular weight excluding hydrogens is 246 g/mol. The zero-order chi connectivity index (χ0) is 14.5. The van der Waals surface area contributed by atoms with Crippen LogP contribution in [-0.4, -0.2) is 32.7 Å². The largest absolute Gasteiger partial charge is 0.469 e. The van der Waals surface area contributed by atoms with Crippen LogP contribution in [0.2, 0.25) is 0 Å². The van der Waals surface area contributed by atoms with Crippen LogP contribution in [0.3, 0.4) is 0 Å². The lowest BCUT2D eigenvalue weighted by Gasteiger charge is -2.22. The molecule has 1 aromatic rings. The van der Waals surface area contributed by atoms with E-state index in [1.54, 1.807) is 38.1 Å². The molecule has 104 valence electrons. The van der Waals surface area contributed by atoms with E-state index in [1.165, 1.54) is 14.2 Å². The summed E-state index contributed by atoms with van der Waals surface area (Å²) in [6, 6.07) is 6.86. The second kappa shape index (κ2) is 6.22. The van der Waals surface area contributed by atoms with Crippen LogP contribution in [0.1, 0.15) is 24.2 Å². The molecule has 0 radical (unpaired) electrons. The van der Waals surface area contributed by atoms with Gasteiger partial charge in [-0.05, 0) is 38.1 Å². The zero-order valence-electron chi connectivity index (χ0n) is 11.6. The fraction of sp³-hybridized carbons (Fsp3) is 0.429. The van der Waals surface area contributed by atoms with Gasteiger partial charge in [0.05, 0.1) is 25.2 Å². The summed E-state index contributed by atoms with van der Waals surface area (Å²) in [5, 5.41) is 3.13. The van der Waals surface area contributed by atoms with Crippen LogP contribution in [0.5, 0.6) is 0 Å². The number of methoxy groups -OCH3 is 2. The first-order valence-electron chi connectivity index (χ1n) is 5.91. The highest BCUT2D eigenvalue weighted by atomic mass is 16.5.